The van der Waals surface area contributed by atoms with Crippen molar-refractivity contribution in [3.05, 3.63) is 510 Å². The van der Waals surface area contributed by atoms with Crippen molar-refractivity contribution >= 4 is 69.9 Å². The van der Waals surface area contributed by atoms with Crippen LogP contribution in [0.4, 0.5) is 0 Å². The van der Waals surface area contributed by atoms with Gasteiger partial charge in [0.05, 0.1) is 0 Å². The number of nitrogens with zero attached hydrogens (tertiary/aromatic N) is 3. The van der Waals surface area contributed by atoms with Crippen LogP contribution in [-0.2, 0) is 27.4 Å². The Bertz CT molecular complexity index is 6530. The molecule has 18 aromatic rings. The highest BCUT2D eigenvalue weighted by atomic mass is 31.3. The Labute approximate surface area is 861 Å². The summed E-state index contributed by atoms with van der Waals surface area (Å²) in [6, 6.07) is 131. The van der Waals surface area contributed by atoms with Crippen LogP contribution in [0.5, 0.6) is 138 Å². The second-order valence-corrected chi connectivity index (χ2v) is 46.0. The van der Waals surface area contributed by atoms with E-state index in [1.807, 2.05) is 0 Å². The van der Waals surface area contributed by atoms with Gasteiger partial charge in [-0.15, -0.1) is 0 Å². The van der Waals surface area contributed by atoms with Crippen molar-refractivity contribution in [3.63, 3.8) is 0 Å². The summed E-state index contributed by atoms with van der Waals surface area (Å²) in [5.74, 6) is -0.285. The van der Waals surface area contributed by atoms with Crippen LogP contribution in [0.2, 0.25) is 0 Å². The predicted octanol–water partition coefficient (Wildman–Crippen LogP) is 34.2. The molecule has 19 rings (SSSR count). The molecule has 1 aliphatic rings. The molecule has 756 valence electrons. The van der Waals surface area contributed by atoms with Crippen LogP contribution in [0.1, 0.15) is 0 Å². The van der Waals surface area contributed by atoms with Gasteiger partial charge in [-0.25, -0.2) is 0 Å². The number of phosphoric acid groups is 6. The van der Waals surface area contributed by atoms with E-state index in [0.29, 0.717) is 0 Å². The molecule has 0 N–H and O–H groups in total. The molecule has 0 amide bonds. The van der Waals surface area contributed by atoms with Crippen molar-refractivity contribution in [2.75, 3.05) is 0 Å². The molecule has 18 aromatic carbocycles. The van der Waals surface area contributed by atoms with E-state index in [1.54, 1.807) is 364 Å². The molecule has 0 fully saturated rings. The fraction of sp³-hybridized carbons (Fsp3) is 0. The maximum atomic E-state index is 15.3. The Morgan fingerprint density at radius 1 is 0.107 bits per heavy atom. The molecular weight excluding hydrogens is 2100 g/mol. The largest absolute Gasteiger partial charge is 0.647 e. The van der Waals surface area contributed by atoms with Crippen molar-refractivity contribution in [2.24, 2.45) is 13.5 Å². The van der Waals surface area contributed by atoms with Gasteiger partial charge in [0, 0.05) is 0 Å². The molecule has 1 heterocycles. The van der Waals surface area contributed by atoms with Gasteiger partial charge < -0.3 is 109 Å². The van der Waals surface area contributed by atoms with Crippen LogP contribution >= 0.6 is 69.9 Å². The van der Waals surface area contributed by atoms with Gasteiger partial charge in [-0.2, -0.15) is 27.4 Å². The average molecular weight is 2180 g/mol. The Morgan fingerprint density at radius 2 is 0.180 bits per heavy atom. The molecule has 0 aromatic heterocycles. The van der Waals surface area contributed by atoms with E-state index >= 15 is 27.4 Å². The second kappa shape index (κ2) is 47.0. The molecule has 0 saturated heterocycles. The first-order valence-electron chi connectivity index (χ1n) is 45.4. The molecule has 150 heavy (non-hydrogen) atoms. The van der Waals surface area contributed by atoms with Crippen LogP contribution in [0.15, 0.2) is 523 Å². The highest BCUT2D eigenvalue weighted by Crippen LogP contribution is 2.79. The molecular formula is C108H84N3O30P9. The average Bonchev–Trinajstić information content (AvgIpc) is 0.725. The van der Waals surface area contributed by atoms with E-state index < -0.39 is 69.9 Å². The van der Waals surface area contributed by atoms with Crippen molar-refractivity contribution in [1.82, 2.24) is 0 Å². The molecule has 0 aliphatic carbocycles. The minimum atomic E-state index is -5.25. The molecule has 42 heteroatoms. The van der Waals surface area contributed by atoms with Gasteiger partial charge in [-0.3, -0.25) is 0 Å². The number of hydrogen-bond donors (Lipinski definition) is 0. The molecule has 0 radical (unpaired) electrons. The molecule has 0 bridgehead atoms. The molecule has 0 spiro atoms. The third kappa shape index (κ3) is 29.0. The van der Waals surface area contributed by atoms with E-state index in [0.717, 1.165) is 0 Å². The van der Waals surface area contributed by atoms with E-state index in [9.17, 15) is 0 Å². The lowest BCUT2D eigenvalue weighted by molar-refractivity contribution is 0.296. The van der Waals surface area contributed by atoms with Crippen molar-refractivity contribution in [2.45, 2.75) is 0 Å². The maximum absolute atomic E-state index is 15.3. The standard InChI is InChI=1S/C108H84N3O30P9/c112-145(124-85-37-13-1-14-38-85,125-86-39-15-2-16-40-86)136-103-73-61-97(62-74-103)118-142(119-98-63-75-104(76-64-98)137-146(113,126-87-41-17-3-18-42-87)127-88-43-19-4-20-44-88)109-143(120-99-65-77-105(78-66-99)138-147(114,128-89-45-21-5-22-46-89)129-90-47-23-6-24-48-90,121-100-67-79-106(80-68-100)139-148(115,130-91-49-25-7-26-50-91)131-92-51-27-8-28-52-92)111-144(110-142,122-101-69-81-107(82-70-101)140-149(116,132-93-53-29-9-30-54-93)133-94-55-31-10-32-56-94)123-102-71-83-108(84-72-102)141-150(117,134-95-57-33-11-34-58-95)135-96-59-35-12-36-60-96/h1-84H. The topological polar surface area (TPSA) is 361 Å². The minimum Gasteiger partial charge on any atom is -0.413 e. The molecule has 0 saturated carbocycles. The van der Waals surface area contributed by atoms with E-state index in [2.05, 4.69) is 0 Å². The first-order chi connectivity index (χ1) is 73.0. The van der Waals surface area contributed by atoms with Crippen LogP contribution in [0, 0.1) is 0 Å². The van der Waals surface area contributed by atoms with E-state index in [1.165, 1.54) is 146 Å². The van der Waals surface area contributed by atoms with Crippen molar-refractivity contribution in [1.29, 1.82) is 0 Å². The lowest BCUT2D eigenvalue weighted by atomic mass is 10.3. The zero-order valence-electron chi connectivity index (χ0n) is 78.1. The Balaban J connectivity index is 0.817. The fourth-order valence-corrected chi connectivity index (χ4v) is 30.0. The summed E-state index contributed by atoms with van der Waals surface area (Å²) in [6.45, 7) is 0. The third-order valence-electron chi connectivity index (χ3n) is 19.8. The van der Waals surface area contributed by atoms with E-state index in [-0.39, 0.29) is 138 Å². The molecule has 0 unspecified atom stereocenters. The zero-order valence-corrected chi connectivity index (χ0v) is 86.2. The normalized spacial score (nSPS) is 12.9. The molecule has 1 aliphatic heterocycles. The first-order valence-corrected chi connectivity index (χ1v) is 58.8. The van der Waals surface area contributed by atoms with Gasteiger partial charge in [0.2, 0.25) is 0 Å². The van der Waals surface area contributed by atoms with Gasteiger partial charge in [0.15, 0.2) is 0 Å². The highest BCUT2D eigenvalue weighted by molar-refractivity contribution is 7.79. The molecule has 0 atom stereocenters. The maximum Gasteiger partial charge on any atom is 0.647 e. The van der Waals surface area contributed by atoms with Crippen molar-refractivity contribution in [3.8, 4) is 138 Å². The van der Waals surface area contributed by atoms with E-state index in [4.69, 9.17) is 122 Å². The van der Waals surface area contributed by atoms with Crippen LogP contribution < -0.4 is 109 Å². The Hall–Kier alpha value is -16.8. The second-order valence-electron chi connectivity index (χ2n) is 31.2. The first kappa shape index (κ1) is 102. The summed E-state index contributed by atoms with van der Waals surface area (Å²) >= 11 is 0. The number of phosphoric ester groups is 6. The number of benzene rings is 18. The van der Waals surface area contributed by atoms with Gasteiger partial charge >= 0.3 is 69.9 Å². The summed E-state index contributed by atoms with van der Waals surface area (Å²) in [6.07, 6.45) is 0. The van der Waals surface area contributed by atoms with Crippen LogP contribution in [-0.4, -0.2) is 0 Å². The summed E-state index contributed by atoms with van der Waals surface area (Å²) in [7, 11) is -44.2. The lowest BCUT2D eigenvalue weighted by Crippen LogP contribution is -2.11. The number of para-hydroxylation sites is 12. The Morgan fingerprint density at radius 3 is 0.267 bits per heavy atom. The lowest BCUT2D eigenvalue weighted by Gasteiger charge is -2.33. The van der Waals surface area contributed by atoms with Crippen LogP contribution in [0.25, 0.3) is 0 Å². The monoisotopic (exact) mass is 2180 g/mol. The summed E-state index contributed by atoms with van der Waals surface area (Å²) in [5, 5.41) is 0. The van der Waals surface area contributed by atoms with Gasteiger partial charge in [-0.05, 0) is 291 Å². The van der Waals surface area contributed by atoms with Gasteiger partial charge in [0.25, 0.3) is 0 Å². The fourth-order valence-electron chi connectivity index (χ4n) is 13.4. The number of rotatable bonds is 48. The highest BCUT2D eigenvalue weighted by Gasteiger charge is 2.50. The third-order valence-corrected chi connectivity index (χ3v) is 35.7. The van der Waals surface area contributed by atoms with Gasteiger partial charge in [0.1, 0.15) is 138 Å². The number of hydrogen-bond acceptors (Lipinski definition) is 33. The molecule has 33 nitrogen and oxygen atoms in total. The summed E-state index contributed by atoms with van der Waals surface area (Å²) in [4.78, 5) is 0. The zero-order chi connectivity index (χ0) is 103. The smallest absolute Gasteiger partial charge is 0.413 e. The SMILES string of the molecule is O=P(Oc1ccccc1)(Oc1ccccc1)Oc1ccc(OP2(Oc3ccc(OP(=O)(Oc4ccccc4)Oc4ccccc4)cc3)=NP(Oc3ccc(OP(=O)(Oc4ccccc4)Oc4ccccc4)cc3)(Oc3ccc(OP(=O)(Oc4ccccc4)Oc4ccccc4)cc3)=NP(Oc3ccc(OP(=O)(Oc4ccccc4)Oc4ccccc4)cc3)(Oc3ccc(OP(=O)(Oc4ccccc4)Oc4ccccc4)cc3)=N2)cc1. The van der Waals surface area contributed by atoms with Gasteiger partial charge in [-0.1, -0.05) is 232 Å². The van der Waals surface area contributed by atoms with Crippen LogP contribution in [0.3, 0.4) is 0 Å². The Kier molecular flexibility index (Phi) is 31.9. The quantitative estimate of drug-likeness (QED) is 0.0320. The minimum absolute atomic E-state index is 0.117. The summed E-state index contributed by atoms with van der Waals surface area (Å²) in [5.41, 5.74) is 0. The predicted molar refractivity (Wildman–Crippen MR) is 565 cm³/mol. The summed E-state index contributed by atoms with van der Waals surface area (Å²) < 4.78 is 263. The van der Waals surface area contributed by atoms with Crippen molar-refractivity contribution < 1.29 is 136 Å².